The van der Waals surface area contributed by atoms with E-state index in [-0.39, 0.29) is 5.60 Å². The normalized spacial score (nSPS) is 29.5. The van der Waals surface area contributed by atoms with E-state index in [0.717, 1.165) is 13.1 Å². The molecule has 1 spiro atoms. The highest BCUT2D eigenvalue weighted by molar-refractivity contribution is 4.93. The molecule has 2 heteroatoms. The van der Waals surface area contributed by atoms with Gasteiger partial charge in [-0.1, -0.05) is 40.0 Å². The molecular formula is C17H33NO. The van der Waals surface area contributed by atoms with Crippen LogP contribution in [0.1, 0.15) is 78.6 Å². The molecule has 2 nitrogen and oxygen atoms in total. The Morgan fingerprint density at radius 1 is 1.16 bits per heavy atom. The summed E-state index contributed by atoms with van der Waals surface area (Å²) in [5, 5.41) is 3.53. The van der Waals surface area contributed by atoms with Crippen molar-refractivity contribution in [2.24, 2.45) is 5.41 Å². The maximum atomic E-state index is 6.54. The van der Waals surface area contributed by atoms with Crippen LogP contribution in [0, 0.1) is 5.41 Å². The summed E-state index contributed by atoms with van der Waals surface area (Å²) in [7, 11) is 0. The van der Waals surface area contributed by atoms with Crippen molar-refractivity contribution >= 4 is 0 Å². The van der Waals surface area contributed by atoms with Crippen LogP contribution in [0.4, 0.5) is 0 Å². The van der Waals surface area contributed by atoms with Gasteiger partial charge >= 0.3 is 0 Å². The molecule has 2 rings (SSSR count). The van der Waals surface area contributed by atoms with E-state index in [0.29, 0.717) is 11.5 Å². The van der Waals surface area contributed by atoms with Crippen molar-refractivity contribution < 1.29 is 4.74 Å². The second-order valence-electron chi connectivity index (χ2n) is 7.17. The fourth-order valence-corrected chi connectivity index (χ4v) is 3.92. The van der Waals surface area contributed by atoms with Gasteiger partial charge in [-0.05, 0) is 50.5 Å². The van der Waals surface area contributed by atoms with Crippen LogP contribution in [0.25, 0.3) is 0 Å². The van der Waals surface area contributed by atoms with Gasteiger partial charge in [0.05, 0.1) is 11.7 Å². The van der Waals surface area contributed by atoms with Gasteiger partial charge in [-0.25, -0.2) is 0 Å². The van der Waals surface area contributed by atoms with Gasteiger partial charge in [0, 0.05) is 6.54 Å². The second-order valence-corrected chi connectivity index (χ2v) is 7.17. The third-order valence-corrected chi connectivity index (χ3v) is 5.48. The zero-order valence-corrected chi connectivity index (χ0v) is 13.3. The third kappa shape index (κ3) is 3.95. The smallest absolute Gasteiger partial charge is 0.0687 e. The van der Waals surface area contributed by atoms with Crippen LogP contribution in [0.2, 0.25) is 0 Å². The van der Waals surface area contributed by atoms with E-state index in [9.17, 15) is 0 Å². The average molecular weight is 267 g/mol. The Kier molecular flexibility index (Phi) is 5.30. The highest BCUT2D eigenvalue weighted by Gasteiger charge is 2.42. The van der Waals surface area contributed by atoms with Gasteiger partial charge in [0.25, 0.3) is 0 Å². The lowest BCUT2D eigenvalue weighted by Crippen LogP contribution is -2.36. The lowest BCUT2D eigenvalue weighted by Gasteiger charge is -2.36. The summed E-state index contributed by atoms with van der Waals surface area (Å²) in [6.45, 7) is 9.14. The summed E-state index contributed by atoms with van der Waals surface area (Å²) in [6.07, 6.45) is 12.4. The van der Waals surface area contributed by atoms with E-state index in [1.807, 2.05) is 0 Å². The molecule has 1 heterocycles. The highest BCUT2D eigenvalue weighted by Crippen LogP contribution is 2.44. The van der Waals surface area contributed by atoms with Gasteiger partial charge in [0.15, 0.2) is 0 Å². The molecule has 112 valence electrons. The van der Waals surface area contributed by atoms with Gasteiger partial charge in [-0.15, -0.1) is 0 Å². The van der Waals surface area contributed by atoms with Crippen molar-refractivity contribution in [2.75, 3.05) is 13.1 Å². The fourth-order valence-electron chi connectivity index (χ4n) is 3.92. The number of rotatable bonds is 6. The minimum absolute atomic E-state index is 0.287. The first-order valence-electron chi connectivity index (χ1n) is 8.50. The van der Waals surface area contributed by atoms with Crippen LogP contribution < -0.4 is 5.32 Å². The first kappa shape index (κ1) is 15.3. The molecule has 0 radical (unpaired) electrons. The van der Waals surface area contributed by atoms with Crippen molar-refractivity contribution in [3.63, 3.8) is 0 Å². The summed E-state index contributed by atoms with van der Waals surface area (Å²) in [5.74, 6) is 0. The minimum Gasteiger partial charge on any atom is -0.372 e. The molecular weight excluding hydrogens is 234 g/mol. The van der Waals surface area contributed by atoms with E-state index in [1.165, 1.54) is 57.8 Å². The first-order valence-corrected chi connectivity index (χ1v) is 8.50. The number of nitrogens with one attached hydrogen (secondary N) is 1. The zero-order valence-electron chi connectivity index (χ0n) is 13.3. The van der Waals surface area contributed by atoms with Crippen LogP contribution in [-0.4, -0.2) is 24.8 Å². The summed E-state index contributed by atoms with van der Waals surface area (Å²) in [6, 6.07) is 0. The Labute approximate surface area is 119 Å². The summed E-state index contributed by atoms with van der Waals surface area (Å²) in [5.41, 5.74) is 0.691. The van der Waals surface area contributed by atoms with Crippen LogP contribution in [-0.2, 0) is 4.74 Å². The zero-order chi connectivity index (χ0) is 13.8. The van der Waals surface area contributed by atoms with E-state index >= 15 is 0 Å². The van der Waals surface area contributed by atoms with Gasteiger partial charge in [-0.3, -0.25) is 0 Å². The van der Waals surface area contributed by atoms with Crippen LogP contribution in [0.5, 0.6) is 0 Å². The molecule has 1 saturated heterocycles. The molecule has 1 N–H and O–H groups in total. The highest BCUT2D eigenvalue weighted by atomic mass is 16.5. The van der Waals surface area contributed by atoms with Crippen molar-refractivity contribution in [3.05, 3.63) is 0 Å². The molecule has 0 aromatic rings. The average Bonchev–Trinajstić information content (AvgIpc) is 2.80. The molecule has 0 amide bonds. The number of ether oxygens (including phenoxy) is 1. The van der Waals surface area contributed by atoms with E-state index in [4.69, 9.17) is 4.74 Å². The quantitative estimate of drug-likeness (QED) is 0.775. The molecule has 1 aliphatic carbocycles. The van der Waals surface area contributed by atoms with Crippen molar-refractivity contribution in [3.8, 4) is 0 Å². The second kappa shape index (κ2) is 6.58. The van der Waals surface area contributed by atoms with Gasteiger partial charge < -0.3 is 10.1 Å². The SMILES string of the molecule is CCNCC(C)(CC)CC1CCC2(CCCCC2)O1. The molecule has 0 aromatic heterocycles. The Bertz CT molecular complexity index is 272. The van der Waals surface area contributed by atoms with Crippen molar-refractivity contribution in [1.29, 1.82) is 0 Å². The lowest BCUT2D eigenvalue weighted by molar-refractivity contribution is -0.0759. The maximum Gasteiger partial charge on any atom is 0.0687 e. The Hall–Kier alpha value is -0.0800. The molecule has 0 bridgehead atoms. The molecule has 1 aliphatic heterocycles. The predicted octanol–water partition coefficient (Wildman–Crippen LogP) is 4.28. The number of hydrogen-bond acceptors (Lipinski definition) is 2. The van der Waals surface area contributed by atoms with Gasteiger partial charge in [0.2, 0.25) is 0 Å². The molecule has 1 saturated carbocycles. The Morgan fingerprint density at radius 2 is 1.89 bits per heavy atom. The fraction of sp³-hybridized carbons (Fsp3) is 1.00. The monoisotopic (exact) mass is 267 g/mol. The van der Waals surface area contributed by atoms with E-state index < -0.39 is 0 Å². The summed E-state index contributed by atoms with van der Waals surface area (Å²) in [4.78, 5) is 0. The standard InChI is InChI=1S/C17H33NO/c1-4-16(3,14-18-5-2)13-15-9-12-17(19-15)10-7-6-8-11-17/h15,18H,4-14H2,1-3H3. The van der Waals surface area contributed by atoms with Crippen LogP contribution >= 0.6 is 0 Å². The predicted molar refractivity (Wildman–Crippen MR) is 81.5 cm³/mol. The third-order valence-electron chi connectivity index (χ3n) is 5.48. The summed E-state index contributed by atoms with van der Waals surface area (Å²) < 4.78 is 6.54. The summed E-state index contributed by atoms with van der Waals surface area (Å²) >= 11 is 0. The van der Waals surface area contributed by atoms with Gasteiger partial charge in [0.1, 0.15) is 0 Å². The first-order chi connectivity index (χ1) is 9.11. The Balaban J connectivity index is 1.86. The lowest BCUT2D eigenvalue weighted by atomic mass is 9.80. The van der Waals surface area contributed by atoms with Gasteiger partial charge in [-0.2, -0.15) is 0 Å². The van der Waals surface area contributed by atoms with Crippen LogP contribution in [0.3, 0.4) is 0 Å². The largest absolute Gasteiger partial charge is 0.372 e. The molecule has 2 aliphatic rings. The maximum absolute atomic E-state index is 6.54. The topological polar surface area (TPSA) is 21.3 Å². The number of hydrogen-bond donors (Lipinski definition) is 1. The van der Waals surface area contributed by atoms with Crippen molar-refractivity contribution in [2.45, 2.75) is 90.3 Å². The molecule has 2 atom stereocenters. The molecule has 2 fully saturated rings. The van der Waals surface area contributed by atoms with Crippen molar-refractivity contribution in [1.82, 2.24) is 5.32 Å². The van der Waals surface area contributed by atoms with E-state index in [1.54, 1.807) is 0 Å². The van der Waals surface area contributed by atoms with E-state index in [2.05, 4.69) is 26.1 Å². The molecule has 19 heavy (non-hydrogen) atoms. The Morgan fingerprint density at radius 3 is 2.53 bits per heavy atom. The van der Waals surface area contributed by atoms with Crippen LogP contribution in [0.15, 0.2) is 0 Å². The molecule has 0 aromatic carbocycles. The molecule has 2 unspecified atom stereocenters. The minimum atomic E-state index is 0.287.